The lowest BCUT2D eigenvalue weighted by Crippen LogP contribution is -2.42. The molecule has 1 N–H and O–H groups in total. The highest BCUT2D eigenvalue weighted by atomic mass is 19.4. The summed E-state index contributed by atoms with van der Waals surface area (Å²) in [6, 6.07) is 3.14. The average molecular weight is 286 g/mol. The minimum Gasteiger partial charge on any atom is -0.497 e. The molecule has 108 valence electrons. The Morgan fingerprint density at radius 3 is 2.05 bits per heavy atom. The van der Waals surface area contributed by atoms with Crippen LogP contribution in [0.1, 0.15) is 11.7 Å². The van der Waals surface area contributed by atoms with E-state index >= 15 is 0 Å². The molecule has 0 saturated heterocycles. The summed E-state index contributed by atoms with van der Waals surface area (Å²) in [7, 11) is 2.37. The van der Waals surface area contributed by atoms with Gasteiger partial charge in [0.2, 0.25) is 0 Å². The van der Waals surface area contributed by atoms with Crippen LogP contribution in [0, 0.1) is 0 Å². The Morgan fingerprint density at radius 2 is 1.63 bits per heavy atom. The second kappa shape index (κ2) is 5.20. The fourth-order valence-electron chi connectivity index (χ4n) is 1.39. The Balaban J connectivity index is 3.23. The van der Waals surface area contributed by atoms with Crippen LogP contribution in [-0.2, 0) is 0 Å². The van der Waals surface area contributed by atoms with E-state index in [0.717, 1.165) is 25.3 Å². The molecule has 0 radical (unpaired) electrons. The second-order valence-corrected chi connectivity index (χ2v) is 3.63. The van der Waals surface area contributed by atoms with Gasteiger partial charge < -0.3 is 14.6 Å². The summed E-state index contributed by atoms with van der Waals surface area (Å²) in [4.78, 5) is 0. The molecule has 19 heavy (non-hydrogen) atoms. The van der Waals surface area contributed by atoms with Gasteiger partial charge in [0, 0.05) is 11.6 Å². The number of hydrogen-bond donors (Lipinski definition) is 1. The van der Waals surface area contributed by atoms with E-state index in [1.807, 2.05) is 0 Å². The molecular weight excluding hydrogens is 275 g/mol. The molecule has 1 aromatic carbocycles. The van der Waals surface area contributed by atoms with Gasteiger partial charge in [-0.3, -0.25) is 0 Å². The molecule has 1 aromatic rings. The molecule has 0 amide bonds. The third-order valence-electron chi connectivity index (χ3n) is 2.46. The second-order valence-electron chi connectivity index (χ2n) is 3.63. The summed E-state index contributed by atoms with van der Waals surface area (Å²) in [6.45, 7) is 0. The van der Waals surface area contributed by atoms with E-state index in [0.29, 0.717) is 0 Å². The largest absolute Gasteiger partial charge is 0.497 e. The highest BCUT2D eigenvalue weighted by Gasteiger charge is 2.63. The molecule has 0 aliphatic heterocycles. The molecule has 1 unspecified atom stereocenters. The fourth-order valence-corrected chi connectivity index (χ4v) is 1.39. The summed E-state index contributed by atoms with van der Waals surface area (Å²) in [6.07, 6.45) is -8.93. The lowest BCUT2D eigenvalue weighted by molar-refractivity contribution is -0.315. The number of aliphatic hydroxyl groups is 1. The van der Waals surface area contributed by atoms with Crippen molar-refractivity contribution in [2.45, 2.75) is 18.2 Å². The highest BCUT2D eigenvalue weighted by molar-refractivity contribution is 5.42. The van der Waals surface area contributed by atoms with Gasteiger partial charge in [-0.25, -0.2) is 0 Å². The Morgan fingerprint density at radius 1 is 1.05 bits per heavy atom. The standard InChI is InChI=1S/C11H11F5O3/c1-18-6-3-4-7(8(5-6)19-2)9(17)10(12,13)11(14,15)16/h3-5,9,17H,1-2H3. The number of benzene rings is 1. The zero-order chi connectivity index (χ0) is 14.8. The van der Waals surface area contributed by atoms with Gasteiger partial charge in [-0.15, -0.1) is 0 Å². The maximum absolute atomic E-state index is 13.0. The molecule has 0 spiro atoms. The van der Waals surface area contributed by atoms with Crippen LogP contribution in [-0.4, -0.2) is 31.4 Å². The Kier molecular flexibility index (Phi) is 4.24. The summed E-state index contributed by atoms with van der Waals surface area (Å²) >= 11 is 0. The number of ether oxygens (including phenoxy) is 2. The SMILES string of the molecule is COc1ccc(C(O)C(F)(F)C(F)(F)F)c(OC)c1. The summed E-state index contributed by atoms with van der Waals surface area (Å²) in [5.41, 5.74) is -0.675. The summed E-state index contributed by atoms with van der Waals surface area (Å²) in [5, 5.41) is 9.27. The van der Waals surface area contributed by atoms with E-state index in [1.165, 1.54) is 7.11 Å². The van der Waals surface area contributed by atoms with Crippen molar-refractivity contribution in [1.29, 1.82) is 0 Å². The Hall–Kier alpha value is -1.57. The van der Waals surface area contributed by atoms with Gasteiger partial charge in [-0.05, 0) is 12.1 Å². The maximum atomic E-state index is 13.0. The van der Waals surface area contributed by atoms with Gasteiger partial charge in [0.15, 0.2) is 6.10 Å². The van der Waals surface area contributed by atoms with Gasteiger partial charge in [0.25, 0.3) is 0 Å². The molecule has 0 aliphatic rings. The molecular formula is C11H11F5O3. The zero-order valence-corrected chi connectivity index (χ0v) is 9.96. The minimum atomic E-state index is -5.86. The van der Waals surface area contributed by atoms with Gasteiger partial charge in [-0.1, -0.05) is 0 Å². The third-order valence-corrected chi connectivity index (χ3v) is 2.46. The highest BCUT2D eigenvalue weighted by Crippen LogP contribution is 2.46. The normalized spacial score (nSPS) is 14.1. The van der Waals surface area contributed by atoms with Crippen LogP contribution in [0.2, 0.25) is 0 Å². The van der Waals surface area contributed by atoms with Crippen LogP contribution in [0.5, 0.6) is 11.5 Å². The molecule has 1 rings (SSSR count). The lowest BCUT2D eigenvalue weighted by atomic mass is 10.0. The first-order valence-electron chi connectivity index (χ1n) is 4.99. The molecule has 0 aromatic heterocycles. The number of halogens is 5. The first-order valence-corrected chi connectivity index (χ1v) is 4.99. The van der Waals surface area contributed by atoms with Crippen LogP contribution in [0.15, 0.2) is 18.2 Å². The minimum absolute atomic E-state index is 0.197. The predicted octanol–water partition coefficient (Wildman–Crippen LogP) is 2.93. The lowest BCUT2D eigenvalue weighted by Gasteiger charge is -2.26. The van der Waals surface area contributed by atoms with E-state index in [9.17, 15) is 27.1 Å². The molecule has 0 fully saturated rings. The number of alkyl halides is 5. The van der Waals surface area contributed by atoms with Crippen LogP contribution >= 0.6 is 0 Å². The predicted molar refractivity (Wildman–Crippen MR) is 55.5 cm³/mol. The molecule has 1 atom stereocenters. The average Bonchev–Trinajstić information content (AvgIpc) is 2.35. The fraction of sp³-hybridized carbons (Fsp3) is 0.455. The molecule has 0 saturated carbocycles. The first-order chi connectivity index (χ1) is 8.65. The molecule has 0 aliphatic carbocycles. The van der Waals surface area contributed by atoms with Crippen molar-refractivity contribution >= 4 is 0 Å². The van der Waals surface area contributed by atoms with Gasteiger partial charge >= 0.3 is 12.1 Å². The van der Waals surface area contributed by atoms with Crippen molar-refractivity contribution in [1.82, 2.24) is 0 Å². The smallest absolute Gasteiger partial charge is 0.456 e. The number of hydrogen-bond acceptors (Lipinski definition) is 3. The quantitative estimate of drug-likeness (QED) is 0.865. The number of rotatable bonds is 4. The van der Waals surface area contributed by atoms with Crippen molar-refractivity contribution < 1.29 is 36.5 Å². The maximum Gasteiger partial charge on any atom is 0.456 e. The van der Waals surface area contributed by atoms with Crippen molar-refractivity contribution in [3.05, 3.63) is 23.8 Å². The zero-order valence-electron chi connectivity index (χ0n) is 9.96. The molecule has 0 bridgehead atoms. The Bertz CT molecular complexity index is 444. The molecule has 3 nitrogen and oxygen atoms in total. The third kappa shape index (κ3) is 2.89. The molecule has 8 heteroatoms. The topological polar surface area (TPSA) is 38.7 Å². The van der Waals surface area contributed by atoms with Gasteiger partial charge in [0.05, 0.1) is 14.2 Å². The van der Waals surface area contributed by atoms with Gasteiger partial charge in [-0.2, -0.15) is 22.0 Å². The monoisotopic (exact) mass is 286 g/mol. The summed E-state index contributed by atoms with van der Waals surface area (Å²) in [5.74, 6) is -5.41. The first kappa shape index (κ1) is 15.5. The van der Waals surface area contributed by atoms with E-state index in [1.54, 1.807) is 0 Å². The number of aliphatic hydroxyl groups excluding tert-OH is 1. The van der Waals surface area contributed by atoms with Crippen molar-refractivity contribution in [3.63, 3.8) is 0 Å². The van der Waals surface area contributed by atoms with Gasteiger partial charge in [0.1, 0.15) is 11.5 Å². The van der Waals surface area contributed by atoms with E-state index < -0.39 is 23.8 Å². The summed E-state index contributed by atoms with van der Waals surface area (Å²) < 4.78 is 72.1. The van der Waals surface area contributed by atoms with Crippen LogP contribution in [0.25, 0.3) is 0 Å². The van der Waals surface area contributed by atoms with E-state index in [2.05, 4.69) is 4.74 Å². The van der Waals surface area contributed by atoms with Crippen LogP contribution in [0.3, 0.4) is 0 Å². The van der Waals surface area contributed by atoms with E-state index in [-0.39, 0.29) is 11.5 Å². The number of methoxy groups -OCH3 is 2. The van der Waals surface area contributed by atoms with Crippen molar-refractivity contribution in [3.8, 4) is 11.5 Å². The Labute approximate surface area is 105 Å². The van der Waals surface area contributed by atoms with Crippen molar-refractivity contribution in [2.24, 2.45) is 0 Å². The molecule has 0 heterocycles. The van der Waals surface area contributed by atoms with Crippen LogP contribution in [0.4, 0.5) is 22.0 Å². The van der Waals surface area contributed by atoms with Crippen molar-refractivity contribution in [2.75, 3.05) is 14.2 Å². The van der Waals surface area contributed by atoms with E-state index in [4.69, 9.17) is 4.74 Å². The van der Waals surface area contributed by atoms with Crippen LogP contribution < -0.4 is 9.47 Å².